The predicted molar refractivity (Wildman–Crippen MR) is 50.1 cm³/mol. The third-order valence-electron chi connectivity index (χ3n) is 1.84. The van der Waals surface area contributed by atoms with E-state index in [1.807, 2.05) is 0 Å². The third-order valence-corrected chi connectivity index (χ3v) is 1.84. The largest absolute Gasteiger partial charge is 0.451 e. The van der Waals surface area contributed by atoms with Crippen molar-refractivity contribution < 1.29 is 34.8 Å². The fraction of sp³-hybridized carbons (Fsp3) is 0.750. The van der Waals surface area contributed by atoms with E-state index >= 15 is 0 Å². The second kappa shape index (κ2) is 7.25. The van der Waals surface area contributed by atoms with Gasteiger partial charge in [-0.2, -0.15) is 0 Å². The number of aldehydes is 1. The highest BCUT2D eigenvalue weighted by Gasteiger charge is 2.33. The summed E-state index contributed by atoms with van der Waals surface area (Å²) in [6.07, 6.45) is -6.85. The minimum absolute atomic E-state index is 0.0888. The molecule has 0 radical (unpaired) electrons. The molecule has 0 saturated heterocycles. The SMILES string of the molecule is NCC(=O)O[C@H](C=O)[C@@H](O)[C@H](O)[C@H](O)CO. The van der Waals surface area contributed by atoms with Gasteiger partial charge in [0.15, 0.2) is 12.4 Å². The van der Waals surface area contributed by atoms with E-state index in [1.165, 1.54) is 0 Å². The van der Waals surface area contributed by atoms with Crippen LogP contribution in [-0.4, -0.2) is 70.2 Å². The molecule has 0 aromatic heterocycles. The van der Waals surface area contributed by atoms with Crippen molar-refractivity contribution in [3.63, 3.8) is 0 Å². The van der Waals surface area contributed by atoms with Crippen LogP contribution in [0.4, 0.5) is 0 Å². The van der Waals surface area contributed by atoms with E-state index in [0.29, 0.717) is 0 Å². The van der Waals surface area contributed by atoms with Gasteiger partial charge in [0.1, 0.15) is 18.3 Å². The number of esters is 1. The molecule has 0 saturated carbocycles. The van der Waals surface area contributed by atoms with Crippen LogP contribution in [0, 0.1) is 0 Å². The number of aliphatic hydroxyl groups is 4. The first-order valence-corrected chi connectivity index (χ1v) is 4.47. The molecule has 0 aliphatic heterocycles. The van der Waals surface area contributed by atoms with Crippen LogP contribution in [0.15, 0.2) is 0 Å². The van der Waals surface area contributed by atoms with Crippen molar-refractivity contribution in [1.82, 2.24) is 0 Å². The number of carbonyl (C=O) groups is 2. The molecule has 0 rings (SSSR count). The number of hydrogen-bond acceptors (Lipinski definition) is 8. The lowest BCUT2D eigenvalue weighted by Crippen LogP contribution is -2.48. The number of rotatable bonds is 7. The lowest BCUT2D eigenvalue weighted by Gasteiger charge is -2.25. The fourth-order valence-electron chi connectivity index (χ4n) is 0.908. The molecule has 0 amide bonds. The zero-order valence-corrected chi connectivity index (χ0v) is 8.39. The Morgan fingerprint density at radius 3 is 2.25 bits per heavy atom. The maximum absolute atomic E-state index is 10.7. The van der Waals surface area contributed by atoms with Crippen LogP contribution in [-0.2, 0) is 14.3 Å². The van der Waals surface area contributed by atoms with E-state index < -0.39 is 43.5 Å². The Morgan fingerprint density at radius 1 is 1.31 bits per heavy atom. The molecule has 94 valence electrons. The van der Waals surface area contributed by atoms with Crippen molar-refractivity contribution in [3.05, 3.63) is 0 Å². The second-order valence-corrected chi connectivity index (χ2v) is 3.03. The van der Waals surface area contributed by atoms with Crippen molar-refractivity contribution in [1.29, 1.82) is 0 Å². The Morgan fingerprint density at radius 2 is 1.88 bits per heavy atom. The Bertz CT molecular complexity index is 234. The zero-order chi connectivity index (χ0) is 12.7. The van der Waals surface area contributed by atoms with E-state index in [2.05, 4.69) is 4.74 Å². The monoisotopic (exact) mass is 237 g/mol. The van der Waals surface area contributed by atoms with Gasteiger partial charge in [-0.25, -0.2) is 0 Å². The number of ether oxygens (including phenoxy) is 1. The molecule has 4 atom stereocenters. The van der Waals surface area contributed by atoms with Crippen molar-refractivity contribution >= 4 is 12.3 Å². The molecule has 0 fully saturated rings. The predicted octanol–water partition coefficient (Wildman–Crippen LogP) is -3.87. The van der Waals surface area contributed by atoms with Crippen molar-refractivity contribution in [2.24, 2.45) is 5.73 Å². The average molecular weight is 237 g/mol. The molecular weight excluding hydrogens is 222 g/mol. The summed E-state index contributed by atoms with van der Waals surface area (Å²) < 4.78 is 4.39. The highest BCUT2D eigenvalue weighted by Crippen LogP contribution is 2.06. The first-order chi connectivity index (χ1) is 7.47. The zero-order valence-electron chi connectivity index (χ0n) is 8.39. The van der Waals surface area contributed by atoms with Gasteiger partial charge in [-0.05, 0) is 0 Å². The van der Waals surface area contributed by atoms with Gasteiger partial charge in [0.25, 0.3) is 0 Å². The molecule has 6 N–H and O–H groups in total. The highest BCUT2D eigenvalue weighted by molar-refractivity contribution is 5.74. The van der Waals surface area contributed by atoms with Gasteiger partial charge in [-0.1, -0.05) is 0 Å². The summed E-state index contributed by atoms with van der Waals surface area (Å²) in [6, 6.07) is 0. The fourth-order valence-corrected chi connectivity index (χ4v) is 0.908. The van der Waals surface area contributed by atoms with E-state index in [-0.39, 0.29) is 6.29 Å². The summed E-state index contributed by atoms with van der Waals surface area (Å²) >= 11 is 0. The Hall–Kier alpha value is -1.06. The van der Waals surface area contributed by atoms with Crippen molar-refractivity contribution in [3.8, 4) is 0 Å². The molecule has 0 aliphatic rings. The summed E-state index contributed by atoms with van der Waals surface area (Å²) in [7, 11) is 0. The Labute approximate surface area is 91.2 Å². The van der Waals surface area contributed by atoms with Gasteiger partial charge in [-0.15, -0.1) is 0 Å². The number of aliphatic hydroxyl groups excluding tert-OH is 4. The molecule has 8 nitrogen and oxygen atoms in total. The summed E-state index contributed by atoms with van der Waals surface area (Å²) in [5.74, 6) is -0.943. The number of carbonyl (C=O) groups excluding carboxylic acids is 2. The van der Waals surface area contributed by atoms with Gasteiger partial charge >= 0.3 is 5.97 Å². The average Bonchev–Trinajstić information content (AvgIpc) is 2.32. The maximum atomic E-state index is 10.7. The third kappa shape index (κ3) is 4.21. The van der Waals surface area contributed by atoms with Gasteiger partial charge in [0, 0.05) is 0 Å². The molecule has 16 heavy (non-hydrogen) atoms. The lowest BCUT2D eigenvalue weighted by molar-refractivity contribution is -0.166. The number of hydrogen-bond donors (Lipinski definition) is 5. The molecule has 0 aromatic carbocycles. The van der Waals surface area contributed by atoms with Crippen molar-refractivity contribution in [2.45, 2.75) is 24.4 Å². The van der Waals surface area contributed by atoms with Crippen molar-refractivity contribution in [2.75, 3.05) is 13.2 Å². The molecule has 0 unspecified atom stereocenters. The first kappa shape index (κ1) is 14.9. The standard InChI is InChI=1S/C8H15NO7/c9-1-6(13)16-5(3-11)8(15)7(14)4(12)2-10/h3-5,7-8,10,12,14-15H,1-2,9H2/t4-,5-,7-,8-/m1/s1. The quantitative estimate of drug-likeness (QED) is 0.223. The normalized spacial score (nSPS) is 18.3. The number of nitrogens with two attached hydrogens (primary N) is 1. The molecule has 0 heterocycles. The smallest absolute Gasteiger partial charge is 0.320 e. The van der Waals surface area contributed by atoms with Gasteiger partial charge in [0.2, 0.25) is 0 Å². The van der Waals surface area contributed by atoms with Gasteiger partial charge in [-0.3, -0.25) is 9.59 Å². The van der Waals surface area contributed by atoms with E-state index in [9.17, 15) is 19.8 Å². The van der Waals surface area contributed by atoms with E-state index in [0.717, 1.165) is 0 Å². The lowest BCUT2D eigenvalue weighted by atomic mass is 10.0. The topological polar surface area (TPSA) is 150 Å². The van der Waals surface area contributed by atoms with Crippen LogP contribution in [0.2, 0.25) is 0 Å². The Balaban J connectivity index is 4.45. The van der Waals surface area contributed by atoms with E-state index in [4.69, 9.17) is 15.9 Å². The molecule has 0 bridgehead atoms. The summed E-state index contributed by atoms with van der Waals surface area (Å²) in [5.41, 5.74) is 4.91. The molecule has 0 aromatic rings. The first-order valence-electron chi connectivity index (χ1n) is 4.47. The molecular formula is C8H15NO7. The Kier molecular flexibility index (Phi) is 6.77. The van der Waals surface area contributed by atoms with Gasteiger partial charge in [0.05, 0.1) is 13.2 Å². The molecule has 0 spiro atoms. The summed E-state index contributed by atoms with van der Waals surface area (Å²) in [4.78, 5) is 21.2. The molecule has 8 heteroatoms. The van der Waals surface area contributed by atoms with E-state index in [1.54, 1.807) is 0 Å². The summed E-state index contributed by atoms with van der Waals surface area (Å²) in [6.45, 7) is -1.30. The second-order valence-electron chi connectivity index (χ2n) is 3.03. The van der Waals surface area contributed by atoms with Crippen LogP contribution in [0.5, 0.6) is 0 Å². The van der Waals surface area contributed by atoms with Crippen LogP contribution < -0.4 is 5.73 Å². The highest BCUT2D eigenvalue weighted by atomic mass is 16.6. The summed E-state index contributed by atoms with van der Waals surface area (Å²) in [5, 5.41) is 36.1. The van der Waals surface area contributed by atoms with Gasteiger partial charge < -0.3 is 30.9 Å². The minimum Gasteiger partial charge on any atom is -0.451 e. The maximum Gasteiger partial charge on any atom is 0.320 e. The molecule has 0 aliphatic carbocycles. The van der Waals surface area contributed by atoms with Crippen LogP contribution in [0.25, 0.3) is 0 Å². The minimum atomic E-state index is -1.84. The van der Waals surface area contributed by atoms with Crippen LogP contribution in [0.3, 0.4) is 0 Å². The van der Waals surface area contributed by atoms with Crippen LogP contribution >= 0.6 is 0 Å². The van der Waals surface area contributed by atoms with Crippen LogP contribution in [0.1, 0.15) is 0 Å².